The van der Waals surface area contributed by atoms with Gasteiger partial charge in [0.2, 0.25) is 0 Å². The van der Waals surface area contributed by atoms with Gasteiger partial charge in [0, 0.05) is 17.8 Å². The van der Waals surface area contributed by atoms with Crippen LogP contribution in [0.5, 0.6) is 0 Å². The first kappa shape index (κ1) is 11.8. The van der Waals surface area contributed by atoms with Gasteiger partial charge in [0.05, 0.1) is 4.88 Å². The van der Waals surface area contributed by atoms with Crippen molar-refractivity contribution < 1.29 is 4.79 Å². The maximum absolute atomic E-state index is 11.8. The van der Waals surface area contributed by atoms with E-state index in [1.54, 1.807) is 0 Å². The van der Waals surface area contributed by atoms with E-state index in [0.717, 1.165) is 15.0 Å². The molecule has 0 aliphatic rings. The summed E-state index contributed by atoms with van der Waals surface area (Å²) < 4.78 is 1.13. The van der Waals surface area contributed by atoms with Crippen LogP contribution >= 0.6 is 11.3 Å². The third kappa shape index (κ3) is 2.93. The topological polar surface area (TPSA) is 55.1 Å². The van der Waals surface area contributed by atoms with Crippen molar-refractivity contribution in [1.29, 1.82) is 0 Å². The number of nitrogens with two attached hydrogens (primary N) is 1. The molecule has 0 aliphatic heterocycles. The summed E-state index contributed by atoms with van der Waals surface area (Å²) in [5, 5.41) is 3.94. The van der Waals surface area contributed by atoms with Gasteiger partial charge in [-0.1, -0.05) is 30.4 Å². The highest BCUT2D eigenvalue weighted by Gasteiger charge is 2.08. The molecule has 1 aromatic heterocycles. The van der Waals surface area contributed by atoms with Gasteiger partial charge in [-0.25, -0.2) is 0 Å². The number of fused-ring (bicyclic) bond motifs is 1. The predicted molar refractivity (Wildman–Crippen MR) is 72.4 cm³/mol. The van der Waals surface area contributed by atoms with Gasteiger partial charge in [-0.2, -0.15) is 0 Å². The summed E-state index contributed by atoms with van der Waals surface area (Å²) >= 11 is 1.51. The van der Waals surface area contributed by atoms with E-state index >= 15 is 0 Å². The molecule has 0 atom stereocenters. The van der Waals surface area contributed by atoms with Crippen molar-refractivity contribution in [2.75, 3.05) is 13.1 Å². The second-order valence-corrected chi connectivity index (χ2v) is 4.65. The van der Waals surface area contributed by atoms with Crippen LogP contribution in [0.1, 0.15) is 9.67 Å². The van der Waals surface area contributed by atoms with Gasteiger partial charge in [-0.15, -0.1) is 11.3 Å². The number of carbonyl (C=O) groups is 1. The van der Waals surface area contributed by atoms with Crippen molar-refractivity contribution >= 4 is 27.3 Å². The molecule has 0 saturated heterocycles. The molecule has 3 nitrogen and oxygen atoms in total. The molecule has 0 aliphatic carbocycles. The highest BCUT2D eigenvalue weighted by Crippen LogP contribution is 2.24. The summed E-state index contributed by atoms with van der Waals surface area (Å²) in [5.41, 5.74) is 5.31. The van der Waals surface area contributed by atoms with Crippen molar-refractivity contribution in [3.05, 3.63) is 47.4 Å². The standard InChI is InChI=1S/C13H14N2OS/c14-7-3-4-8-15-13(16)12-9-10-5-1-2-6-11(10)17-12/h1-6,9H,7-8,14H2,(H,15,16)/b4-3+. The van der Waals surface area contributed by atoms with E-state index < -0.39 is 0 Å². The van der Waals surface area contributed by atoms with Crippen LogP contribution in [0.15, 0.2) is 42.5 Å². The first-order valence-corrected chi connectivity index (χ1v) is 6.25. The molecule has 3 N–H and O–H groups in total. The molecule has 1 aromatic carbocycles. The Morgan fingerprint density at radius 1 is 1.35 bits per heavy atom. The van der Waals surface area contributed by atoms with Crippen LogP contribution in [0.3, 0.4) is 0 Å². The summed E-state index contributed by atoms with van der Waals surface area (Å²) in [6, 6.07) is 9.90. The predicted octanol–water partition coefficient (Wildman–Crippen LogP) is 2.15. The highest BCUT2D eigenvalue weighted by molar-refractivity contribution is 7.20. The molecule has 0 saturated carbocycles. The molecule has 0 radical (unpaired) electrons. The Morgan fingerprint density at radius 2 is 2.18 bits per heavy atom. The van der Waals surface area contributed by atoms with Crippen molar-refractivity contribution in [1.82, 2.24) is 5.32 Å². The fourth-order valence-electron chi connectivity index (χ4n) is 1.51. The van der Waals surface area contributed by atoms with Crippen LogP contribution in [0.4, 0.5) is 0 Å². The largest absolute Gasteiger partial charge is 0.348 e. The molecule has 2 rings (SSSR count). The molecule has 0 bridgehead atoms. The zero-order valence-electron chi connectivity index (χ0n) is 9.35. The van der Waals surface area contributed by atoms with Crippen LogP contribution in [-0.4, -0.2) is 19.0 Å². The second-order valence-electron chi connectivity index (χ2n) is 3.57. The average molecular weight is 246 g/mol. The van der Waals surface area contributed by atoms with Gasteiger partial charge in [0.15, 0.2) is 0 Å². The summed E-state index contributed by atoms with van der Waals surface area (Å²) in [7, 11) is 0. The Kier molecular flexibility index (Phi) is 3.90. The fraction of sp³-hybridized carbons (Fsp3) is 0.154. The molecule has 4 heteroatoms. The third-order valence-electron chi connectivity index (χ3n) is 2.33. The minimum absolute atomic E-state index is 0.0344. The molecule has 1 heterocycles. The van der Waals surface area contributed by atoms with E-state index in [1.807, 2.05) is 42.5 Å². The van der Waals surface area contributed by atoms with Crippen molar-refractivity contribution in [3.8, 4) is 0 Å². The van der Waals surface area contributed by atoms with Gasteiger partial charge < -0.3 is 11.1 Å². The van der Waals surface area contributed by atoms with E-state index in [2.05, 4.69) is 5.32 Å². The van der Waals surface area contributed by atoms with Crippen molar-refractivity contribution in [2.24, 2.45) is 5.73 Å². The lowest BCUT2D eigenvalue weighted by molar-refractivity contribution is 0.0962. The number of nitrogens with one attached hydrogen (secondary N) is 1. The quantitative estimate of drug-likeness (QED) is 0.812. The van der Waals surface area contributed by atoms with Gasteiger partial charge in [0.25, 0.3) is 5.91 Å². The van der Waals surface area contributed by atoms with E-state index in [1.165, 1.54) is 11.3 Å². The molecule has 0 unspecified atom stereocenters. The molecule has 0 fully saturated rings. The maximum atomic E-state index is 11.8. The van der Waals surface area contributed by atoms with E-state index in [0.29, 0.717) is 13.1 Å². The number of rotatable bonds is 4. The lowest BCUT2D eigenvalue weighted by Gasteiger charge is -1.97. The number of thiophene rings is 1. The van der Waals surface area contributed by atoms with Crippen molar-refractivity contribution in [2.45, 2.75) is 0 Å². The number of hydrogen-bond acceptors (Lipinski definition) is 3. The van der Waals surface area contributed by atoms with E-state index in [4.69, 9.17) is 5.73 Å². The molecule has 1 amide bonds. The van der Waals surface area contributed by atoms with Gasteiger partial charge in [0.1, 0.15) is 0 Å². The third-order valence-corrected chi connectivity index (χ3v) is 3.45. The van der Waals surface area contributed by atoms with Crippen molar-refractivity contribution in [3.63, 3.8) is 0 Å². The zero-order chi connectivity index (χ0) is 12.1. The first-order chi connectivity index (χ1) is 8.31. The summed E-state index contributed by atoms with van der Waals surface area (Å²) in [6.45, 7) is 1.02. The zero-order valence-corrected chi connectivity index (χ0v) is 10.2. The Labute approximate surface area is 104 Å². The molecule has 0 spiro atoms. The molecule has 88 valence electrons. The molecule has 2 aromatic rings. The molecular weight excluding hydrogens is 232 g/mol. The Balaban J connectivity index is 2.06. The smallest absolute Gasteiger partial charge is 0.261 e. The Hall–Kier alpha value is -1.65. The number of amides is 1. The van der Waals surface area contributed by atoms with E-state index in [-0.39, 0.29) is 5.91 Å². The lowest BCUT2D eigenvalue weighted by Crippen LogP contribution is -2.22. The van der Waals surface area contributed by atoms with Crippen LogP contribution in [0.25, 0.3) is 10.1 Å². The summed E-state index contributed by atoms with van der Waals surface area (Å²) in [4.78, 5) is 12.6. The average Bonchev–Trinajstić information content (AvgIpc) is 2.78. The van der Waals surface area contributed by atoms with E-state index in [9.17, 15) is 4.79 Å². The van der Waals surface area contributed by atoms with Gasteiger partial charge in [-0.3, -0.25) is 4.79 Å². The second kappa shape index (κ2) is 5.61. The maximum Gasteiger partial charge on any atom is 0.261 e. The summed E-state index contributed by atoms with van der Waals surface area (Å²) in [5.74, 6) is -0.0344. The highest BCUT2D eigenvalue weighted by atomic mass is 32.1. The monoisotopic (exact) mass is 246 g/mol. The first-order valence-electron chi connectivity index (χ1n) is 5.43. The molecule has 17 heavy (non-hydrogen) atoms. The van der Waals surface area contributed by atoms with Crippen LogP contribution in [0.2, 0.25) is 0 Å². The minimum Gasteiger partial charge on any atom is -0.348 e. The normalized spacial score (nSPS) is 11.1. The molecular formula is C13H14N2OS. The number of carbonyl (C=O) groups excluding carboxylic acids is 1. The Morgan fingerprint density at radius 3 is 2.94 bits per heavy atom. The van der Waals surface area contributed by atoms with Crippen LogP contribution in [0, 0.1) is 0 Å². The summed E-state index contributed by atoms with van der Waals surface area (Å²) in [6.07, 6.45) is 3.68. The lowest BCUT2D eigenvalue weighted by atomic mass is 10.2. The Bertz CT molecular complexity index is 512. The van der Waals surface area contributed by atoms with Gasteiger partial charge >= 0.3 is 0 Å². The SMILES string of the molecule is NC/C=C/CNC(=O)c1cc2ccccc2s1. The van der Waals surface area contributed by atoms with Crippen LogP contribution < -0.4 is 11.1 Å². The van der Waals surface area contributed by atoms with Crippen LogP contribution in [-0.2, 0) is 0 Å². The number of benzene rings is 1. The fourth-order valence-corrected chi connectivity index (χ4v) is 2.49. The van der Waals surface area contributed by atoms with Gasteiger partial charge in [-0.05, 0) is 17.5 Å². The minimum atomic E-state index is -0.0344. The number of hydrogen-bond donors (Lipinski definition) is 2.